The first kappa shape index (κ1) is 13.7. The van der Waals surface area contributed by atoms with Crippen LogP contribution in [0.2, 0.25) is 0 Å². The zero-order chi connectivity index (χ0) is 14.9. The van der Waals surface area contributed by atoms with Gasteiger partial charge in [0.25, 0.3) is 5.91 Å². The lowest BCUT2D eigenvalue weighted by atomic mass is 10.2. The van der Waals surface area contributed by atoms with Gasteiger partial charge in [-0.2, -0.15) is 0 Å². The molecule has 4 rings (SSSR count). The molecule has 1 unspecified atom stereocenters. The molecule has 1 amide bonds. The third-order valence-corrected chi connectivity index (χ3v) is 5.74. The van der Waals surface area contributed by atoms with Gasteiger partial charge in [-0.05, 0) is 35.7 Å². The van der Waals surface area contributed by atoms with E-state index in [4.69, 9.17) is 4.52 Å². The third-order valence-electron chi connectivity index (χ3n) is 3.88. The van der Waals surface area contributed by atoms with Crippen LogP contribution in [0.1, 0.15) is 34.2 Å². The predicted molar refractivity (Wildman–Crippen MR) is 87.1 cm³/mol. The Morgan fingerprint density at radius 1 is 1.27 bits per heavy atom. The van der Waals surface area contributed by atoms with Crippen molar-refractivity contribution in [3.8, 4) is 10.6 Å². The second-order valence-electron chi connectivity index (χ2n) is 5.23. The van der Waals surface area contributed by atoms with Crippen molar-refractivity contribution in [2.24, 2.45) is 0 Å². The normalized spacial score (nSPS) is 18.0. The van der Waals surface area contributed by atoms with E-state index in [9.17, 15) is 4.79 Å². The van der Waals surface area contributed by atoms with Gasteiger partial charge in [-0.25, -0.2) is 0 Å². The van der Waals surface area contributed by atoms with Crippen LogP contribution >= 0.6 is 22.7 Å². The number of likely N-dealkylation sites (tertiary alicyclic amines) is 1. The summed E-state index contributed by atoms with van der Waals surface area (Å²) < 4.78 is 5.33. The van der Waals surface area contributed by atoms with E-state index in [1.807, 2.05) is 28.5 Å². The second-order valence-corrected chi connectivity index (χ2v) is 7.15. The fourth-order valence-corrected chi connectivity index (χ4v) is 4.39. The second kappa shape index (κ2) is 5.70. The minimum atomic E-state index is -0.0394. The molecule has 1 fully saturated rings. The number of carbonyl (C=O) groups is 1. The Balaban J connectivity index is 1.59. The summed E-state index contributed by atoms with van der Waals surface area (Å²) in [6.07, 6.45) is 2.05. The molecule has 6 heteroatoms. The monoisotopic (exact) mass is 330 g/mol. The van der Waals surface area contributed by atoms with Gasteiger partial charge in [0, 0.05) is 17.5 Å². The van der Waals surface area contributed by atoms with Gasteiger partial charge >= 0.3 is 0 Å². The van der Waals surface area contributed by atoms with E-state index in [2.05, 4.69) is 16.6 Å². The van der Waals surface area contributed by atoms with Gasteiger partial charge in [-0.1, -0.05) is 17.3 Å². The smallest absolute Gasteiger partial charge is 0.276 e. The molecule has 0 saturated carbocycles. The Kier molecular flexibility index (Phi) is 3.56. The van der Waals surface area contributed by atoms with Crippen LogP contribution in [0.25, 0.3) is 10.6 Å². The lowest BCUT2D eigenvalue weighted by molar-refractivity contribution is 0.0727. The number of amides is 1. The van der Waals surface area contributed by atoms with Gasteiger partial charge in [0.1, 0.15) is 0 Å². The van der Waals surface area contributed by atoms with Gasteiger partial charge in [-0.15, -0.1) is 22.7 Å². The van der Waals surface area contributed by atoms with E-state index in [0.717, 1.165) is 24.3 Å². The lowest BCUT2D eigenvalue weighted by Crippen LogP contribution is -2.30. The quantitative estimate of drug-likeness (QED) is 0.713. The van der Waals surface area contributed by atoms with Gasteiger partial charge in [0.05, 0.1) is 10.9 Å². The highest BCUT2D eigenvalue weighted by atomic mass is 32.1. The van der Waals surface area contributed by atoms with Gasteiger partial charge in [0.15, 0.2) is 11.5 Å². The predicted octanol–water partition coefficient (Wildman–Crippen LogP) is 4.44. The van der Waals surface area contributed by atoms with Gasteiger partial charge in [-0.3, -0.25) is 4.79 Å². The number of rotatable bonds is 3. The maximum absolute atomic E-state index is 12.7. The van der Waals surface area contributed by atoms with Crippen molar-refractivity contribution < 1.29 is 9.32 Å². The largest absolute Gasteiger partial charge is 0.355 e. The van der Waals surface area contributed by atoms with Crippen molar-refractivity contribution >= 4 is 28.6 Å². The summed E-state index contributed by atoms with van der Waals surface area (Å²) in [5.74, 6) is 0.618. The van der Waals surface area contributed by atoms with Gasteiger partial charge < -0.3 is 9.42 Å². The van der Waals surface area contributed by atoms with Crippen molar-refractivity contribution in [3.05, 3.63) is 51.7 Å². The minimum Gasteiger partial charge on any atom is -0.355 e. The summed E-state index contributed by atoms with van der Waals surface area (Å²) in [5.41, 5.74) is 0.395. The molecule has 3 aromatic rings. The molecule has 0 spiro atoms. The van der Waals surface area contributed by atoms with E-state index in [0.29, 0.717) is 11.5 Å². The Labute approximate surface area is 136 Å². The molecule has 0 radical (unpaired) electrons. The molecule has 1 aliphatic rings. The summed E-state index contributed by atoms with van der Waals surface area (Å²) in [7, 11) is 0. The number of thiophene rings is 2. The standard InChI is InChI=1S/C16H14N2O2S2/c19-16(11-10-13(20-17-11)15-6-3-9-22-15)18-7-1-4-12(18)14-5-2-8-21-14/h2-3,5-6,8-10,12H,1,4,7H2. The van der Waals surface area contributed by atoms with Crippen LogP contribution in [0.5, 0.6) is 0 Å². The minimum absolute atomic E-state index is 0.0394. The van der Waals surface area contributed by atoms with Crippen molar-refractivity contribution in [3.63, 3.8) is 0 Å². The first-order valence-corrected chi connectivity index (χ1v) is 8.94. The number of nitrogens with zero attached hydrogens (tertiary/aromatic N) is 2. The fraction of sp³-hybridized carbons (Fsp3) is 0.250. The van der Waals surface area contributed by atoms with Crippen LogP contribution in [-0.2, 0) is 0 Å². The van der Waals surface area contributed by atoms with E-state index >= 15 is 0 Å². The first-order valence-electron chi connectivity index (χ1n) is 7.18. The Bertz CT molecular complexity index is 762. The summed E-state index contributed by atoms with van der Waals surface area (Å²) in [6, 6.07) is 9.97. The molecule has 0 bridgehead atoms. The average Bonchev–Trinajstić information content (AvgIpc) is 3.35. The molecule has 0 aliphatic carbocycles. The Morgan fingerprint density at radius 3 is 2.91 bits per heavy atom. The topological polar surface area (TPSA) is 46.3 Å². The molecule has 112 valence electrons. The SMILES string of the molecule is O=C(c1cc(-c2cccs2)on1)N1CCCC1c1cccs1. The summed E-state index contributed by atoms with van der Waals surface area (Å²) in [5, 5.41) is 8.01. The molecule has 4 nitrogen and oxygen atoms in total. The highest BCUT2D eigenvalue weighted by Crippen LogP contribution is 2.35. The average molecular weight is 330 g/mol. The molecule has 4 heterocycles. The molecule has 0 N–H and O–H groups in total. The zero-order valence-corrected chi connectivity index (χ0v) is 13.4. The molecule has 1 atom stereocenters. The van der Waals surface area contributed by atoms with Crippen molar-refractivity contribution in [1.29, 1.82) is 0 Å². The van der Waals surface area contributed by atoms with E-state index < -0.39 is 0 Å². The maximum Gasteiger partial charge on any atom is 0.276 e. The van der Waals surface area contributed by atoms with Crippen LogP contribution in [0.4, 0.5) is 0 Å². The summed E-state index contributed by atoms with van der Waals surface area (Å²) in [4.78, 5) is 16.9. The molecular weight excluding hydrogens is 316 g/mol. The number of carbonyl (C=O) groups excluding carboxylic acids is 1. The Morgan fingerprint density at radius 2 is 2.14 bits per heavy atom. The summed E-state index contributed by atoms with van der Waals surface area (Å²) in [6.45, 7) is 0.780. The summed E-state index contributed by atoms with van der Waals surface area (Å²) >= 11 is 3.28. The van der Waals surface area contributed by atoms with Crippen molar-refractivity contribution in [1.82, 2.24) is 10.1 Å². The maximum atomic E-state index is 12.7. The Hall–Kier alpha value is -1.92. The van der Waals surface area contributed by atoms with E-state index in [1.165, 1.54) is 4.88 Å². The zero-order valence-electron chi connectivity index (χ0n) is 11.8. The highest BCUT2D eigenvalue weighted by Gasteiger charge is 2.32. The molecule has 3 aromatic heterocycles. The van der Waals surface area contributed by atoms with E-state index in [-0.39, 0.29) is 11.9 Å². The van der Waals surface area contributed by atoms with Crippen LogP contribution in [0, 0.1) is 0 Å². The van der Waals surface area contributed by atoms with Crippen molar-refractivity contribution in [2.75, 3.05) is 6.54 Å². The van der Waals surface area contributed by atoms with Crippen LogP contribution in [0.15, 0.2) is 45.6 Å². The third kappa shape index (κ3) is 2.38. The molecule has 1 saturated heterocycles. The van der Waals surface area contributed by atoms with Crippen molar-refractivity contribution in [2.45, 2.75) is 18.9 Å². The molecular formula is C16H14N2O2S2. The van der Waals surface area contributed by atoms with Crippen LogP contribution in [-0.4, -0.2) is 22.5 Å². The fourth-order valence-electron chi connectivity index (χ4n) is 2.84. The molecule has 0 aromatic carbocycles. The van der Waals surface area contributed by atoms with Crippen LogP contribution < -0.4 is 0 Å². The van der Waals surface area contributed by atoms with E-state index in [1.54, 1.807) is 28.7 Å². The molecule has 1 aliphatic heterocycles. The number of hydrogen-bond donors (Lipinski definition) is 0. The van der Waals surface area contributed by atoms with Gasteiger partial charge in [0.2, 0.25) is 0 Å². The number of hydrogen-bond acceptors (Lipinski definition) is 5. The van der Waals surface area contributed by atoms with Crippen LogP contribution in [0.3, 0.4) is 0 Å². The lowest BCUT2D eigenvalue weighted by Gasteiger charge is -2.22. The highest BCUT2D eigenvalue weighted by molar-refractivity contribution is 7.13. The number of aromatic nitrogens is 1. The molecule has 22 heavy (non-hydrogen) atoms. The first-order chi connectivity index (χ1) is 10.8.